The van der Waals surface area contributed by atoms with Gasteiger partial charge in [0, 0.05) is 23.4 Å². The first-order valence-electron chi connectivity index (χ1n) is 5.86. The van der Waals surface area contributed by atoms with Gasteiger partial charge in [-0.2, -0.15) is 0 Å². The fourth-order valence-corrected chi connectivity index (χ4v) is 1.76. The molecule has 0 spiro atoms. The third-order valence-electron chi connectivity index (χ3n) is 2.80. The number of carbonyl (C=O) groups is 1. The average molecular weight is 272 g/mol. The zero-order valence-electron chi connectivity index (χ0n) is 11.0. The first-order valence-corrected chi connectivity index (χ1v) is 5.86. The molecule has 0 amide bonds. The van der Waals surface area contributed by atoms with E-state index in [1.54, 1.807) is 26.0 Å². The lowest BCUT2D eigenvalue weighted by Gasteiger charge is -2.09. The Morgan fingerprint density at radius 2 is 2.00 bits per heavy atom. The van der Waals surface area contributed by atoms with E-state index in [2.05, 4.69) is 4.98 Å². The van der Waals surface area contributed by atoms with Gasteiger partial charge in [0.2, 0.25) is 5.88 Å². The Kier molecular flexibility index (Phi) is 3.74. The lowest BCUT2D eigenvalue weighted by Crippen LogP contribution is -1.96. The Bertz CT molecular complexity index is 666. The second kappa shape index (κ2) is 5.48. The van der Waals surface area contributed by atoms with Crippen molar-refractivity contribution in [1.82, 2.24) is 4.98 Å². The van der Waals surface area contributed by atoms with E-state index in [-0.39, 0.29) is 11.6 Å². The van der Waals surface area contributed by atoms with Gasteiger partial charge in [-0.05, 0) is 31.5 Å². The highest BCUT2D eigenvalue weighted by Gasteiger charge is 2.15. The van der Waals surface area contributed by atoms with Crippen molar-refractivity contribution in [2.75, 3.05) is 0 Å². The molecular weight excluding hydrogens is 260 g/mol. The highest BCUT2D eigenvalue weighted by Crippen LogP contribution is 2.30. The second-order valence-electron chi connectivity index (χ2n) is 4.31. The summed E-state index contributed by atoms with van der Waals surface area (Å²) in [5, 5.41) is 10.9. The van der Waals surface area contributed by atoms with Gasteiger partial charge in [0.1, 0.15) is 5.75 Å². The van der Waals surface area contributed by atoms with Crippen LogP contribution in [0.15, 0.2) is 30.5 Å². The van der Waals surface area contributed by atoms with E-state index in [9.17, 15) is 14.9 Å². The summed E-state index contributed by atoms with van der Waals surface area (Å²) < 4.78 is 5.52. The quantitative estimate of drug-likeness (QED) is 0.485. The molecule has 0 radical (unpaired) electrons. The molecule has 1 heterocycles. The lowest BCUT2D eigenvalue weighted by molar-refractivity contribution is -0.385. The summed E-state index contributed by atoms with van der Waals surface area (Å²) in [4.78, 5) is 25.0. The van der Waals surface area contributed by atoms with Crippen molar-refractivity contribution in [2.45, 2.75) is 13.8 Å². The van der Waals surface area contributed by atoms with Crippen LogP contribution in [0.25, 0.3) is 0 Å². The van der Waals surface area contributed by atoms with Gasteiger partial charge in [-0.3, -0.25) is 14.9 Å². The first-order chi connectivity index (χ1) is 9.51. The minimum Gasteiger partial charge on any atom is -0.439 e. The summed E-state index contributed by atoms with van der Waals surface area (Å²) in [6.45, 7) is 3.47. The molecule has 2 aromatic rings. The predicted octanol–water partition coefficient (Wildman–Crippen LogP) is 3.21. The Balaban J connectivity index is 2.34. The normalized spacial score (nSPS) is 10.1. The monoisotopic (exact) mass is 272 g/mol. The molecule has 0 fully saturated rings. The summed E-state index contributed by atoms with van der Waals surface area (Å²) in [5.41, 5.74) is 1.78. The number of carbonyl (C=O) groups excluding carboxylic acids is 1. The third-order valence-corrected chi connectivity index (χ3v) is 2.80. The Labute approximate surface area is 115 Å². The number of rotatable bonds is 4. The Morgan fingerprint density at radius 1 is 1.25 bits per heavy atom. The summed E-state index contributed by atoms with van der Waals surface area (Å²) in [6.07, 6.45) is 2.05. The number of nitrogens with zero attached hydrogens (tertiary/aromatic N) is 2. The van der Waals surface area contributed by atoms with Crippen molar-refractivity contribution in [3.63, 3.8) is 0 Å². The van der Waals surface area contributed by atoms with Crippen molar-refractivity contribution >= 4 is 12.0 Å². The van der Waals surface area contributed by atoms with Gasteiger partial charge >= 0.3 is 0 Å². The molecule has 0 aliphatic rings. The zero-order valence-corrected chi connectivity index (χ0v) is 11.0. The molecule has 20 heavy (non-hydrogen) atoms. The number of aldehydes is 1. The maximum absolute atomic E-state index is 10.9. The minimum absolute atomic E-state index is 0.00453. The van der Waals surface area contributed by atoms with Crippen LogP contribution < -0.4 is 4.74 Å². The molecule has 0 saturated heterocycles. The molecule has 6 nitrogen and oxygen atoms in total. The Hall–Kier alpha value is -2.76. The molecule has 0 atom stereocenters. The van der Waals surface area contributed by atoms with E-state index in [1.807, 2.05) is 0 Å². The van der Waals surface area contributed by atoms with E-state index < -0.39 is 4.92 Å². The van der Waals surface area contributed by atoms with E-state index in [1.165, 1.54) is 18.3 Å². The molecule has 0 saturated carbocycles. The number of nitro groups is 1. The van der Waals surface area contributed by atoms with Crippen molar-refractivity contribution in [3.05, 3.63) is 57.3 Å². The molecule has 6 heteroatoms. The van der Waals surface area contributed by atoms with E-state index in [0.29, 0.717) is 23.2 Å². The van der Waals surface area contributed by atoms with Crippen LogP contribution in [-0.4, -0.2) is 16.2 Å². The van der Waals surface area contributed by atoms with Crippen LogP contribution in [-0.2, 0) is 0 Å². The van der Waals surface area contributed by atoms with Gasteiger partial charge in [0.25, 0.3) is 5.69 Å². The molecule has 0 aliphatic carbocycles. The smallest absolute Gasteiger partial charge is 0.276 e. The van der Waals surface area contributed by atoms with E-state index >= 15 is 0 Å². The largest absolute Gasteiger partial charge is 0.439 e. The SMILES string of the molecule is Cc1cc(C)c([N+](=O)[O-])cc1Oc1ccc(C=O)cn1. The van der Waals surface area contributed by atoms with Crippen LogP contribution in [0, 0.1) is 24.0 Å². The van der Waals surface area contributed by atoms with Crippen LogP contribution in [0.3, 0.4) is 0 Å². The summed E-state index contributed by atoms with van der Waals surface area (Å²) >= 11 is 0. The molecule has 2 rings (SSSR count). The molecule has 1 aromatic carbocycles. The van der Waals surface area contributed by atoms with Crippen LogP contribution in [0.4, 0.5) is 5.69 Å². The van der Waals surface area contributed by atoms with Crippen molar-refractivity contribution in [3.8, 4) is 11.6 Å². The third kappa shape index (κ3) is 2.80. The van der Waals surface area contributed by atoms with E-state index in [0.717, 1.165) is 5.56 Å². The molecule has 0 unspecified atom stereocenters. The van der Waals surface area contributed by atoms with Crippen LogP contribution in [0.2, 0.25) is 0 Å². The number of benzene rings is 1. The maximum Gasteiger partial charge on any atom is 0.276 e. The van der Waals surface area contributed by atoms with Crippen molar-refractivity contribution in [1.29, 1.82) is 0 Å². The van der Waals surface area contributed by atoms with Gasteiger partial charge in [0.05, 0.1) is 11.0 Å². The predicted molar refractivity (Wildman–Crippen MR) is 72.3 cm³/mol. The number of pyridine rings is 1. The fraction of sp³-hybridized carbons (Fsp3) is 0.143. The first kappa shape index (κ1) is 13.7. The van der Waals surface area contributed by atoms with Crippen LogP contribution in [0.1, 0.15) is 21.5 Å². The zero-order chi connectivity index (χ0) is 14.7. The summed E-state index contributed by atoms with van der Waals surface area (Å²) in [6, 6.07) is 6.16. The van der Waals surface area contributed by atoms with E-state index in [4.69, 9.17) is 4.74 Å². The number of nitro benzene ring substituents is 1. The lowest BCUT2D eigenvalue weighted by atomic mass is 10.1. The maximum atomic E-state index is 10.9. The number of hydrogen-bond donors (Lipinski definition) is 0. The topological polar surface area (TPSA) is 82.3 Å². The highest BCUT2D eigenvalue weighted by atomic mass is 16.6. The second-order valence-corrected chi connectivity index (χ2v) is 4.31. The number of ether oxygens (including phenoxy) is 1. The molecule has 0 bridgehead atoms. The van der Waals surface area contributed by atoms with Crippen LogP contribution >= 0.6 is 0 Å². The van der Waals surface area contributed by atoms with Gasteiger partial charge in [-0.1, -0.05) is 0 Å². The van der Waals surface area contributed by atoms with Crippen molar-refractivity contribution in [2.24, 2.45) is 0 Å². The standard InChI is InChI=1S/C14H12N2O4/c1-9-5-10(2)13(6-12(9)16(18)19)20-14-4-3-11(8-17)7-15-14/h3-8H,1-2H3. The molecule has 102 valence electrons. The van der Waals surface area contributed by atoms with Crippen LogP contribution in [0.5, 0.6) is 11.6 Å². The van der Waals surface area contributed by atoms with Gasteiger partial charge < -0.3 is 4.74 Å². The fourth-order valence-electron chi connectivity index (χ4n) is 1.76. The van der Waals surface area contributed by atoms with Crippen molar-refractivity contribution < 1.29 is 14.5 Å². The van der Waals surface area contributed by atoms with Gasteiger partial charge in [0.15, 0.2) is 6.29 Å². The number of aryl methyl sites for hydroxylation is 2. The highest BCUT2D eigenvalue weighted by molar-refractivity contribution is 5.74. The molecule has 1 aromatic heterocycles. The van der Waals surface area contributed by atoms with Gasteiger partial charge in [-0.15, -0.1) is 0 Å². The minimum atomic E-state index is -0.454. The average Bonchev–Trinajstić information content (AvgIpc) is 2.42. The summed E-state index contributed by atoms with van der Waals surface area (Å²) in [5.74, 6) is 0.644. The number of aromatic nitrogens is 1. The molecule has 0 aliphatic heterocycles. The van der Waals surface area contributed by atoms with Gasteiger partial charge in [-0.25, -0.2) is 4.98 Å². The Morgan fingerprint density at radius 3 is 2.55 bits per heavy atom. The molecular formula is C14H12N2O4. The summed E-state index contributed by atoms with van der Waals surface area (Å²) in [7, 11) is 0. The number of hydrogen-bond acceptors (Lipinski definition) is 5. The molecule has 0 N–H and O–H groups in total.